The molecule has 7 heteroatoms. The van der Waals surface area contributed by atoms with Crippen LogP contribution in [0.3, 0.4) is 0 Å². The molecule has 3 amide bonds. The Kier molecular flexibility index (Phi) is 12.1. The van der Waals surface area contributed by atoms with Crippen LogP contribution in [0, 0.1) is 5.92 Å². The lowest BCUT2D eigenvalue weighted by atomic mass is 9.97. The standard InChI is InChI=1S/C25H39N3O4/c1-7-9-10-11-22(29)27-21(16-19-12-14-20(32-6)15-13-19)24(30)28-23(18(5)8-2)25(31)26-17(3)4/h12-15,18,21,23H,3,7-11,16H2,1-2,4-6H3,(H,26,31)(H,27,29)(H,28,30). The lowest BCUT2D eigenvalue weighted by molar-refractivity contribution is -0.132. The summed E-state index contributed by atoms with van der Waals surface area (Å²) < 4.78 is 5.19. The SMILES string of the molecule is C=C(C)NC(=O)C(NC(=O)C(Cc1ccc(OC)cc1)NC(=O)CCCCC)C(C)CC. The number of benzene rings is 1. The zero-order valence-electron chi connectivity index (χ0n) is 20.1. The summed E-state index contributed by atoms with van der Waals surface area (Å²) in [7, 11) is 1.59. The van der Waals surface area contributed by atoms with E-state index in [9.17, 15) is 14.4 Å². The van der Waals surface area contributed by atoms with Gasteiger partial charge in [-0.3, -0.25) is 14.4 Å². The first-order chi connectivity index (χ1) is 15.2. The van der Waals surface area contributed by atoms with E-state index in [1.807, 2.05) is 38.1 Å². The summed E-state index contributed by atoms with van der Waals surface area (Å²) in [5, 5.41) is 8.41. The van der Waals surface area contributed by atoms with E-state index in [4.69, 9.17) is 4.74 Å². The Morgan fingerprint density at radius 2 is 1.69 bits per heavy atom. The van der Waals surface area contributed by atoms with Crippen molar-refractivity contribution in [2.75, 3.05) is 7.11 Å². The van der Waals surface area contributed by atoms with Crippen LogP contribution in [0.2, 0.25) is 0 Å². The van der Waals surface area contributed by atoms with Crippen LogP contribution in [0.5, 0.6) is 5.75 Å². The van der Waals surface area contributed by atoms with Crippen LogP contribution in [0.25, 0.3) is 0 Å². The van der Waals surface area contributed by atoms with E-state index in [0.717, 1.165) is 24.8 Å². The molecule has 178 valence electrons. The third kappa shape index (κ3) is 9.54. The molecule has 1 aromatic carbocycles. The van der Waals surface area contributed by atoms with Crippen molar-refractivity contribution in [3.05, 3.63) is 42.1 Å². The zero-order chi connectivity index (χ0) is 24.1. The molecular formula is C25H39N3O4. The fraction of sp³-hybridized carbons (Fsp3) is 0.560. The molecule has 3 atom stereocenters. The lowest BCUT2D eigenvalue weighted by Gasteiger charge is -2.26. The number of nitrogens with one attached hydrogen (secondary N) is 3. The number of carbonyl (C=O) groups excluding carboxylic acids is 3. The van der Waals surface area contributed by atoms with Gasteiger partial charge in [0.05, 0.1) is 7.11 Å². The monoisotopic (exact) mass is 445 g/mol. The van der Waals surface area contributed by atoms with Crippen molar-refractivity contribution >= 4 is 17.7 Å². The maximum Gasteiger partial charge on any atom is 0.246 e. The highest BCUT2D eigenvalue weighted by Crippen LogP contribution is 2.14. The van der Waals surface area contributed by atoms with E-state index in [2.05, 4.69) is 29.5 Å². The minimum absolute atomic E-state index is 0.0832. The minimum Gasteiger partial charge on any atom is -0.497 e. The quantitative estimate of drug-likeness (QED) is 0.382. The Labute approximate surface area is 192 Å². The molecule has 0 saturated heterocycles. The smallest absolute Gasteiger partial charge is 0.246 e. The van der Waals surface area contributed by atoms with Gasteiger partial charge in [-0.2, -0.15) is 0 Å². The van der Waals surface area contributed by atoms with Gasteiger partial charge in [-0.15, -0.1) is 0 Å². The summed E-state index contributed by atoms with van der Waals surface area (Å²) in [6.07, 6.45) is 4.13. The number of methoxy groups -OCH3 is 1. The van der Waals surface area contributed by atoms with Crippen molar-refractivity contribution in [3.8, 4) is 5.75 Å². The van der Waals surface area contributed by atoms with Crippen LogP contribution in [-0.2, 0) is 20.8 Å². The van der Waals surface area contributed by atoms with Crippen molar-refractivity contribution in [1.82, 2.24) is 16.0 Å². The molecule has 0 aliphatic carbocycles. The van der Waals surface area contributed by atoms with Crippen molar-refractivity contribution in [2.45, 2.75) is 78.3 Å². The highest BCUT2D eigenvalue weighted by molar-refractivity contribution is 5.92. The summed E-state index contributed by atoms with van der Waals surface area (Å²) in [6.45, 7) is 11.3. The van der Waals surface area contributed by atoms with Gasteiger partial charge in [-0.05, 0) is 37.0 Å². The van der Waals surface area contributed by atoms with Crippen molar-refractivity contribution in [2.24, 2.45) is 5.92 Å². The van der Waals surface area contributed by atoms with Crippen LogP contribution in [-0.4, -0.2) is 36.9 Å². The lowest BCUT2D eigenvalue weighted by Crippen LogP contribution is -2.56. The highest BCUT2D eigenvalue weighted by Gasteiger charge is 2.30. The predicted molar refractivity (Wildman–Crippen MR) is 127 cm³/mol. The van der Waals surface area contributed by atoms with E-state index in [-0.39, 0.29) is 23.6 Å². The van der Waals surface area contributed by atoms with Gasteiger partial charge in [0, 0.05) is 18.5 Å². The van der Waals surface area contributed by atoms with E-state index in [1.165, 1.54) is 0 Å². The van der Waals surface area contributed by atoms with E-state index < -0.39 is 12.1 Å². The second kappa shape index (κ2) is 14.3. The molecule has 0 aromatic heterocycles. The molecule has 0 aliphatic heterocycles. The topological polar surface area (TPSA) is 96.5 Å². The molecule has 1 rings (SSSR count). The van der Waals surface area contributed by atoms with E-state index >= 15 is 0 Å². The largest absolute Gasteiger partial charge is 0.497 e. The molecule has 7 nitrogen and oxygen atoms in total. The van der Waals surface area contributed by atoms with Gasteiger partial charge in [-0.1, -0.05) is 58.7 Å². The van der Waals surface area contributed by atoms with Crippen molar-refractivity contribution in [1.29, 1.82) is 0 Å². The fourth-order valence-electron chi connectivity index (χ4n) is 3.25. The molecule has 3 unspecified atom stereocenters. The van der Waals surface area contributed by atoms with Gasteiger partial charge >= 0.3 is 0 Å². The Hall–Kier alpha value is -2.83. The molecule has 0 spiro atoms. The first-order valence-electron chi connectivity index (χ1n) is 11.4. The zero-order valence-corrected chi connectivity index (χ0v) is 20.1. The number of unbranched alkanes of at least 4 members (excludes halogenated alkanes) is 2. The van der Waals surface area contributed by atoms with Gasteiger partial charge in [0.1, 0.15) is 17.8 Å². The molecule has 0 heterocycles. The minimum atomic E-state index is -0.790. The Bertz CT molecular complexity index is 761. The number of hydrogen-bond donors (Lipinski definition) is 3. The van der Waals surface area contributed by atoms with E-state index in [0.29, 0.717) is 30.7 Å². The molecule has 3 N–H and O–H groups in total. The molecule has 0 aliphatic rings. The van der Waals surface area contributed by atoms with Gasteiger partial charge in [0.25, 0.3) is 0 Å². The predicted octanol–water partition coefficient (Wildman–Crippen LogP) is 3.48. The summed E-state index contributed by atoms with van der Waals surface area (Å²) in [5.41, 5.74) is 1.39. The normalized spacial score (nSPS) is 13.4. The Morgan fingerprint density at radius 3 is 2.22 bits per heavy atom. The molecule has 0 bridgehead atoms. The summed E-state index contributed by atoms with van der Waals surface area (Å²) in [5.74, 6) is -0.227. The van der Waals surface area contributed by atoms with Gasteiger partial charge in [0.2, 0.25) is 17.7 Å². The highest BCUT2D eigenvalue weighted by atomic mass is 16.5. The number of allylic oxidation sites excluding steroid dienone is 1. The Balaban J connectivity index is 3.02. The van der Waals surface area contributed by atoms with Gasteiger partial charge in [-0.25, -0.2) is 0 Å². The number of amides is 3. The molecule has 0 saturated carbocycles. The molecular weight excluding hydrogens is 406 g/mol. The number of carbonyl (C=O) groups is 3. The van der Waals surface area contributed by atoms with Crippen molar-refractivity contribution < 1.29 is 19.1 Å². The van der Waals surface area contributed by atoms with Crippen LogP contribution >= 0.6 is 0 Å². The number of rotatable bonds is 14. The molecule has 0 radical (unpaired) electrons. The average molecular weight is 446 g/mol. The second-order valence-corrected chi connectivity index (χ2v) is 8.27. The van der Waals surface area contributed by atoms with Crippen LogP contribution in [0.15, 0.2) is 36.5 Å². The van der Waals surface area contributed by atoms with Crippen molar-refractivity contribution in [3.63, 3.8) is 0 Å². The van der Waals surface area contributed by atoms with E-state index in [1.54, 1.807) is 14.0 Å². The molecule has 0 fully saturated rings. The summed E-state index contributed by atoms with van der Waals surface area (Å²) in [6, 6.07) is 5.84. The van der Waals surface area contributed by atoms with Gasteiger partial charge < -0.3 is 20.7 Å². The summed E-state index contributed by atoms with van der Waals surface area (Å²) in [4.78, 5) is 38.3. The Morgan fingerprint density at radius 1 is 1.03 bits per heavy atom. The number of ether oxygens (including phenoxy) is 1. The maximum absolute atomic E-state index is 13.2. The molecule has 1 aromatic rings. The second-order valence-electron chi connectivity index (χ2n) is 8.27. The third-order valence-electron chi connectivity index (χ3n) is 5.39. The van der Waals surface area contributed by atoms with Crippen LogP contribution in [0.4, 0.5) is 0 Å². The fourth-order valence-corrected chi connectivity index (χ4v) is 3.25. The first-order valence-corrected chi connectivity index (χ1v) is 11.4. The molecule has 32 heavy (non-hydrogen) atoms. The first kappa shape index (κ1) is 27.2. The third-order valence-corrected chi connectivity index (χ3v) is 5.39. The van der Waals surface area contributed by atoms with Gasteiger partial charge in [0.15, 0.2) is 0 Å². The average Bonchev–Trinajstić information content (AvgIpc) is 2.76. The van der Waals surface area contributed by atoms with Crippen LogP contribution < -0.4 is 20.7 Å². The van der Waals surface area contributed by atoms with Crippen LogP contribution in [0.1, 0.15) is 65.4 Å². The summed E-state index contributed by atoms with van der Waals surface area (Å²) >= 11 is 0. The number of hydrogen-bond acceptors (Lipinski definition) is 4. The maximum atomic E-state index is 13.2.